The zero-order valence-corrected chi connectivity index (χ0v) is 11.9. The van der Waals surface area contributed by atoms with Gasteiger partial charge in [-0.2, -0.15) is 0 Å². The summed E-state index contributed by atoms with van der Waals surface area (Å²) in [5.41, 5.74) is 6.20. The van der Waals surface area contributed by atoms with Crippen LogP contribution in [0.3, 0.4) is 0 Å². The number of aromatic nitrogens is 1. The van der Waals surface area contributed by atoms with E-state index in [0.717, 1.165) is 11.0 Å². The maximum Gasteiger partial charge on any atom is 0.262 e. The van der Waals surface area contributed by atoms with Gasteiger partial charge >= 0.3 is 0 Å². The van der Waals surface area contributed by atoms with Crippen molar-refractivity contribution in [2.75, 3.05) is 12.0 Å². The summed E-state index contributed by atoms with van der Waals surface area (Å²) in [7, 11) is 0. The lowest BCUT2D eigenvalue weighted by Gasteiger charge is -2.14. The summed E-state index contributed by atoms with van der Waals surface area (Å²) in [6.45, 7) is 0. The molecule has 0 radical (unpaired) electrons. The SMILES string of the molecule is CSc1ccccc1-n1c(N)c2c(cc1=O)C(=O)NC2=O. The highest BCUT2D eigenvalue weighted by molar-refractivity contribution is 7.98. The van der Waals surface area contributed by atoms with Gasteiger partial charge < -0.3 is 5.73 Å². The standard InChI is InChI=1S/C14H11N3O3S/c1-21-9-5-3-2-4-8(9)17-10(18)6-7-11(12(17)15)14(20)16-13(7)19/h2-6H,15H2,1H3,(H,16,19,20). The minimum absolute atomic E-state index is 0.0256. The maximum absolute atomic E-state index is 12.3. The molecule has 0 atom stereocenters. The fourth-order valence-electron chi connectivity index (χ4n) is 2.34. The Morgan fingerprint density at radius 3 is 2.57 bits per heavy atom. The maximum atomic E-state index is 12.3. The van der Waals surface area contributed by atoms with Crippen LogP contribution in [-0.2, 0) is 0 Å². The molecule has 1 aliphatic heterocycles. The molecule has 21 heavy (non-hydrogen) atoms. The first kappa shape index (κ1) is 13.4. The second-order valence-electron chi connectivity index (χ2n) is 4.45. The van der Waals surface area contributed by atoms with E-state index in [1.807, 2.05) is 18.4 Å². The molecule has 0 saturated heterocycles. The van der Waals surface area contributed by atoms with Crippen LogP contribution < -0.4 is 16.6 Å². The number of rotatable bonds is 2. The molecule has 106 valence electrons. The molecule has 0 saturated carbocycles. The van der Waals surface area contributed by atoms with Crippen LogP contribution in [-0.4, -0.2) is 22.6 Å². The largest absolute Gasteiger partial charge is 0.384 e. The number of imide groups is 1. The summed E-state index contributed by atoms with van der Waals surface area (Å²) >= 11 is 1.46. The van der Waals surface area contributed by atoms with Crippen molar-refractivity contribution in [1.82, 2.24) is 9.88 Å². The Morgan fingerprint density at radius 2 is 1.86 bits per heavy atom. The monoisotopic (exact) mass is 301 g/mol. The number of benzene rings is 1. The molecular weight excluding hydrogens is 290 g/mol. The number of para-hydroxylation sites is 1. The quantitative estimate of drug-likeness (QED) is 0.638. The number of carbonyl (C=O) groups excluding carboxylic acids is 2. The van der Waals surface area contributed by atoms with Crippen LogP contribution in [0.25, 0.3) is 5.69 Å². The summed E-state index contributed by atoms with van der Waals surface area (Å²) < 4.78 is 1.25. The number of nitrogens with one attached hydrogen (secondary N) is 1. The number of anilines is 1. The predicted octanol–water partition coefficient (Wildman–Crippen LogP) is 1.03. The van der Waals surface area contributed by atoms with E-state index in [9.17, 15) is 14.4 Å². The molecule has 6 nitrogen and oxygen atoms in total. The molecule has 2 aromatic rings. The molecular formula is C14H11N3O3S. The molecule has 0 spiro atoms. The Balaban J connectivity index is 2.36. The Morgan fingerprint density at radius 1 is 1.14 bits per heavy atom. The minimum atomic E-state index is -0.593. The van der Waals surface area contributed by atoms with Gasteiger partial charge in [0, 0.05) is 11.0 Å². The fraction of sp³-hybridized carbons (Fsp3) is 0.0714. The summed E-state index contributed by atoms with van der Waals surface area (Å²) in [6, 6.07) is 8.36. The number of nitrogens with zero attached hydrogens (tertiary/aromatic N) is 1. The number of carbonyl (C=O) groups is 2. The van der Waals surface area contributed by atoms with Crippen LogP contribution in [0.5, 0.6) is 0 Å². The van der Waals surface area contributed by atoms with Crippen LogP contribution in [0.15, 0.2) is 40.0 Å². The van der Waals surface area contributed by atoms with Gasteiger partial charge in [0.1, 0.15) is 5.82 Å². The minimum Gasteiger partial charge on any atom is -0.384 e. The lowest BCUT2D eigenvalue weighted by atomic mass is 10.1. The van der Waals surface area contributed by atoms with Gasteiger partial charge in [0.05, 0.1) is 16.8 Å². The second-order valence-corrected chi connectivity index (χ2v) is 5.30. The van der Waals surface area contributed by atoms with Crippen LogP contribution in [0.1, 0.15) is 20.7 Å². The van der Waals surface area contributed by atoms with Crippen LogP contribution in [0, 0.1) is 0 Å². The number of hydrogen-bond donors (Lipinski definition) is 2. The van der Waals surface area contributed by atoms with E-state index in [1.54, 1.807) is 12.1 Å². The van der Waals surface area contributed by atoms with Gasteiger partial charge in [-0.05, 0) is 18.4 Å². The Labute approximate surface area is 124 Å². The average molecular weight is 301 g/mol. The smallest absolute Gasteiger partial charge is 0.262 e. The van der Waals surface area contributed by atoms with E-state index >= 15 is 0 Å². The van der Waals surface area contributed by atoms with Crippen LogP contribution in [0.4, 0.5) is 5.82 Å². The third-order valence-electron chi connectivity index (χ3n) is 3.28. The molecule has 1 aromatic carbocycles. The fourth-order valence-corrected chi connectivity index (χ4v) is 2.93. The number of nitrogens with two attached hydrogens (primary N) is 1. The molecule has 0 aliphatic carbocycles. The Kier molecular flexibility index (Phi) is 3.06. The molecule has 1 aliphatic rings. The van der Waals surface area contributed by atoms with E-state index in [0.29, 0.717) is 5.69 Å². The van der Waals surface area contributed by atoms with Gasteiger partial charge in [-0.15, -0.1) is 11.8 Å². The van der Waals surface area contributed by atoms with Crippen LogP contribution in [0.2, 0.25) is 0 Å². The lowest BCUT2D eigenvalue weighted by Crippen LogP contribution is -2.24. The first-order chi connectivity index (χ1) is 10.0. The Bertz CT molecular complexity index is 842. The number of thioether (sulfide) groups is 1. The molecule has 0 fully saturated rings. The van der Waals surface area contributed by atoms with Gasteiger partial charge in [-0.25, -0.2) is 0 Å². The number of hydrogen-bond acceptors (Lipinski definition) is 5. The summed E-state index contributed by atoms with van der Waals surface area (Å²) in [4.78, 5) is 36.6. The van der Waals surface area contributed by atoms with Crippen molar-refractivity contribution in [2.24, 2.45) is 0 Å². The first-order valence-electron chi connectivity index (χ1n) is 6.09. The number of nitrogen functional groups attached to an aromatic ring is 1. The highest BCUT2D eigenvalue weighted by atomic mass is 32.2. The lowest BCUT2D eigenvalue weighted by molar-refractivity contribution is 0.0880. The molecule has 2 amide bonds. The van der Waals surface area contributed by atoms with Gasteiger partial charge in [-0.1, -0.05) is 12.1 Å². The van der Waals surface area contributed by atoms with Gasteiger partial charge in [0.15, 0.2) is 0 Å². The second kappa shape index (κ2) is 4.78. The van der Waals surface area contributed by atoms with Crippen molar-refractivity contribution in [1.29, 1.82) is 0 Å². The van der Waals surface area contributed by atoms with E-state index in [2.05, 4.69) is 5.32 Å². The molecule has 1 aromatic heterocycles. The van der Waals surface area contributed by atoms with E-state index in [-0.39, 0.29) is 16.9 Å². The zero-order chi connectivity index (χ0) is 15.1. The topological polar surface area (TPSA) is 94.2 Å². The summed E-state index contributed by atoms with van der Waals surface area (Å²) in [5, 5.41) is 2.14. The van der Waals surface area contributed by atoms with Crippen molar-refractivity contribution in [3.63, 3.8) is 0 Å². The Hall–Kier alpha value is -2.54. The predicted molar refractivity (Wildman–Crippen MR) is 80.0 cm³/mol. The van der Waals surface area contributed by atoms with Gasteiger partial charge in [0.2, 0.25) is 0 Å². The van der Waals surface area contributed by atoms with Crippen molar-refractivity contribution >= 4 is 29.4 Å². The third-order valence-corrected chi connectivity index (χ3v) is 4.06. The normalized spacial score (nSPS) is 13.2. The molecule has 0 unspecified atom stereocenters. The highest BCUT2D eigenvalue weighted by Gasteiger charge is 2.32. The number of amides is 2. The average Bonchev–Trinajstić information content (AvgIpc) is 2.74. The third kappa shape index (κ3) is 1.93. The molecule has 3 rings (SSSR count). The molecule has 2 heterocycles. The highest BCUT2D eigenvalue weighted by Crippen LogP contribution is 2.27. The summed E-state index contributed by atoms with van der Waals surface area (Å²) in [6.07, 6.45) is 1.88. The van der Waals surface area contributed by atoms with Crippen molar-refractivity contribution in [3.05, 3.63) is 51.8 Å². The first-order valence-corrected chi connectivity index (χ1v) is 7.31. The van der Waals surface area contributed by atoms with Crippen LogP contribution >= 0.6 is 11.8 Å². The molecule has 7 heteroatoms. The molecule has 0 bridgehead atoms. The molecule has 3 N–H and O–H groups in total. The van der Waals surface area contributed by atoms with Gasteiger partial charge in [-0.3, -0.25) is 24.3 Å². The van der Waals surface area contributed by atoms with Crippen molar-refractivity contribution in [2.45, 2.75) is 4.90 Å². The summed E-state index contributed by atoms with van der Waals surface area (Å²) in [5.74, 6) is -1.20. The van der Waals surface area contributed by atoms with E-state index in [1.165, 1.54) is 16.3 Å². The number of pyridine rings is 1. The van der Waals surface area contributed by atoms with E-state index < -0.39 is 17.4 Å². The van der Waals surface area contributed by atoms with E-state index in [4.69, 9.17) is 5.73 Å². The van der Waals surface area contributed by atoms with Crippen molar-refractivity contribution in [3.8, 4) is 5.69 Å². The van der Waals surface area contributed by atoms with Gasteiger partial charge in [0.25, 0.3) is 17.4 Å². The zero-order valence-electron chi connectivity index (χ0n) is 11.0. The number of fused-ring (bicyclic) bond motifs is 1. The van der Waals surface area contributed by atoms with Crippen molar-refractivity contribution < 1.29 is 9.59 Å².